The van der Waals surface area contributed by atoms with Crippen molar-refractivity contribution in [1.82, 2.24) is 10.2 Å². The van der Waals surface area contributed by atoms with Gasteiger partial charge in [-0.2, -0.15) is 0 Å². The molecular weight excluding hydrogens is 234 g/mol. The average Bonchev–Trinajstić information content (AvgIpc) is 2.84. The summed E-state index contributed by atoms with van der Waals surface area (Å²) < 4.78 is 0. The van der Waals surface area contributed by atoms with Crippen LogP contribution in [0.25, 0.3) is 0 Å². The number of nitrogens with zero attached hydrogens (tertiary/aromatic N) is 2. The second-order valence-corrected chi connectivity index (χ2v) is 4.44. The van der Waals surface area contributed by atoms with Gasteiger partial charge in [0.05, 0.1) is 5.92 Å². The van der Waals surface area contributed by atoms with Crippen molar-refractivity contribution in [2.45, 2.75) is 19.3 Å². The molecule has 2 aromatic rings. The fourth-order valence-electron chi connectivity index (χ4n) is 1.68. The lowest BCUT2D eigenvalue weighted by Gasteiger charge is -2.13. The summed E-state index contributed by atoms with van der Waals surface area (Å²) in [7, 11) is 0. The number of amides is 1. The summed E-state index contributed by atoms with van der Waals surface area (Å²) in [4.78, 5) is 12.1. The predicted octanol–water partition coefficient (Wildman–Crippen LogP) is 2.67. The van der Waals surface area contributed by atoms with Crippen molar-refractivity contribution < 1.29 is 4.79 Å². The van der Waals surface area contributed by atoms with E-state index >= 15 is 0 Å². The zero-order valence-corrected chi connectivity index (χ0v) is 10.3. The Kier molecular flexibility index (Phi) is 3.82. The van der Waals surface area contributed by atoms with Crippen molar-refractivity contribution >= 4 is 22.4 Å². The van der Waals surface area contributed by atoms with E-state index in [-0.39, 0.29) is 11.8 Å². The van der Waals surface area contributed by atoms with E-state index in [2.05, 4.69) is 15.5 Å². The Bertz CT molecular complexity index is 470. The van der Waals surface area contributed by atoms with Gasteiger partial charge in [-0.15, -0.1) is 10.2 Å². The lowest BCUT2D eigenvalue weighted by Crippen LogP contribution is -2.20. The third-order valence-corrected chi connectivity index (χ3v) is 3.12. The van der Waals surface area contributed by atoms with Crippen LogP contribution in [-0.2, 0) is 4.79 Å². The normalized spacial score (nSPS) is 12.1. The molecule has 17 heavy (non-hydrogen) atoms. The van der Waals surface area contributed by atoms with Gasteiger partial charge in [-0.1, -0.05) is 48.6 Å². The van der Waals surface area contributed by atoms with Gasteiger partial charge in [0, 0.05) is 0 Å². The summed E-state index contributed by atoms with van der Waals surface area (Å²) in [6.07, 6.45) is 0.759. The van der Waals surface area contributed by atoms with Gasteiger partial charge in [-0.3, -0.25) is 4.79 Å². The number of carbonyl (C=O) groups is 1. The van der Waals surface area contributed by atoms with E-state index in [0.717, 1.165) is 12.0 Å². The summed E-state index contributed by atoms with van der Waals surface area (Å²) in [5, 5.41) is 10.8. The molecule has 0 aliphatic rings. The molecule has 0 spiro atoms. The molecule has 1 atom stereocenters. The molecule has 1 amide bonds. The lowest BCUT2D eigenvalue weighted by atomic mass is 9.96. The first kappa shape index (κ1) is 11.7. The topological polar surface area (TPSA) is 54.9 Å². The number of aromatic nitrogens is 2. The first-order valence-corrected chi connectivity index (χ1v) is 6.31. The second kappa shape index (κ2) is 5.54. The summed E-state index contributed by atoms with van der Waals surface area (Å²) >= 11 is 1.32. The van der Waals surface area contributed by atoms with Crippen molar-refractivity contribution in [3.8, 4) is 0 Å². The van der Waals surface area contributed by atoms with Crippen molar-refractivity contribution in [3.05, 3.63) is 41.4 Å². The summed E-state index contributed by atoms with van der Waals surface area (Å²) in [6, 6.07) is 9.76. The third kappa shape index (κ3) is 2.88. The maximum Gasteiger partial charge on any atom is 0.233 e. The highest BCUT2D eigenvalue weighted by molar-refractivity contribution is 7.13. The molecule has 0 aliphatic heterocycles. The van der Waals surface area contributed by atoms with Gasteiger partial charge in [0.1, 0.15) is 5.51 Å². The predicted molar refractivity (Wildman–Crippen MR) is 68.0 cm³/mol. The van der Waals surface area contributed by atoms with E-state index in [1.54, 1.807) is 5.51 Å². The first-order valence-electron chi connectivity index (χ1n) is 5.43. The minimum absolute atomic E-state index is 0.0320. The average molecular weight is 247 g/mol. The molecule has 0 saturated carbocycles. The van der Waals surface area contributed by atoms with Gasteiger partial charge < -0.3 is 5.32 Å². The molecule has 1 N–H and O–H groups in total. The second-order valence-electron chi connectivity index (χ2n) is 3.60. The van der Waals surface area contributed by atoms with Crippen LogP contribution in [0.3, 0.4) is 0 Å². The summed E-state index contributed by atoms with van der Waals surface area (Å²) in [6.45, 7) is 2.00. The van der Waals surface area contributed by atoms with Gasteiger partial charge in [0.2, 0.25) is 11.0 Å². The number of rotatable bonds is 4. The Morgan fingerprint density at radius 3 is 2.76 bits per heavy atom. The van der Waals surface area contributed by atoms with Gasteiger partial charge in [0.25, 0.3) is 0 Å². The zero-order valence-electron chi connectivity index (χ0n) is 9.46. The van der Waals surface area contributed by atoms with E-state index in [1.807, 2.05) is 37.3 Å². The van der Waals surface area contributed by atoms with Crippen molar-refractivity contribution in [3.63, 3.8) is 0 Å². The summed E-state index contributed by atoms with van der Waals surface area (Å²) in [5.74, 6) is -0.171. The van der Waals surface area contributed by atoms with E-state index < -0.39 is 0 Å². The zero-order chi connectivity index (χ0) is 12.1. The number of anilines is 1. The maximum atomic E-state index is 12.1. The standard InChI is InChI=1S/C12H13N3OS/c1-2-10(9-6-4-3-5-7-9)11(16)14-12-15-13-8-17-12/h3-8,10H,2H2,1H3,(H,14,15,16)/t10-/m1/s1. The number of hydrogen-bond acceptors (Lipinski definition) is 4. The van der Waals surface area contributed by atoms with Crippen LogP contribution >= 0.6 is 11.3 Å². The smallest absolute Gasteiger partial charge is 0.233 e. The SMILES string of the molecule is CC[C@@H](C(=O)Nc1nncs1)c1ccccc1. The van der Waals surface area contributed by atoms with Crippen LogP contribution in [0.15, 0.2) is 35.8 Å². The maximum absolute atomic E-state index is 12.1. The van der Waals surface area contributed by atoms with E-state index in [9.17, 15) is 4.79 Å². The molecule has 88 valence electrons. The van der Waals surface area contributed by atoms with Crippen molar-refractivity contribution in [2.24, 2.45) is 0 Å². The van der Waals surface area contributed by atoms with Crippen LogP contribution < -0.4 is 5.32 Å². The third-order valence-electron chi connectivity index (χ3n) is 2.52. The molecule has 0 aliphatic carbocycles. The van der Waals surface area contributed by atoms with Gasteiger partial charge >= 0.3 is 0 Å². The van der Waals surface area contributed by atoms with Crippen molar-refractivity contribution in [1.29, 1.82) is 0 Å². The molecule has 5 heteroatoms. The van der Waals surface area contributed by atoms with Crippen LogP contribution in [0.5, 0.6) is 0 Å². The minimum Gasteiger partial charge on any atom is -0.300 e. The highest BCUT2D eigenvalue weighted by atomic mass is 32.1. The van der Waals surface area contributed by atoms with E-state index in [1.165, 1.54) is 11.3 Å². The minimum atomic E-state index is -0.139. The lowest BCUT2D eigenvalue weighted by molar-refractivity contribution is -0.117. The van der Waals surface area contributed by atoms with E-state index in [4.69, 9.17) is 0 Å². The molecular formula is C12H13N3OS. The molecule has 1 heterocycles. The first-order chi connectivity index (χ1) is 8.31. The Labute approximate surface area is 104 Å². The van der Waals surface area contributed by atoms with Crippen molar-refractivity contribution in [2.75, 3.05) is 5.32 Å². The molecule has 0 radical (unpaired) electrons. The van der Waals surface area contributed by atoms with Gasteiger partial charge in [-0.25, -0.2) is 0 Å². The van der Waals surface area contributed by atoms with Crippen LogP contribution in [0, 0.1) is 0 Å². The van der Waals surface area contributed by atoms with E-state index in [0.29, 0.717) is 5.13 Å². The van der Waals surface area contributed by atoms with Gasteiger partial charge in [0.15, 0.2) is 0 Å². The van der Waals surface area contributed by atoms with Crippen LogP contribution in [0.2, 0.25) is 0 Å². The molecule has 1 aromatic carbocycles. The van der Waals surface area contributed by atoms with Crippen LogP contribution in [0.1, 0.15) is 24.8 Å². The molecule has 0 saturated heterocycles. The Morgan fingerprint density at radius 2 is 2.18 bits per heavy atom. The number of hydrogen-bond donors (Lipinski definition) is 1. The monoisotopic (exact) mass is 247 g/mol. The fraction of sp³-hybridized carbons (Fsp3) is 0.250. The molecule has 0 fully saturated rings. The van der Waals surface area contributed by atoms with Gasteiger partial charge in [-0.05, 0) is 12.0 Å². The number of carbonyl (C=O) groups excluding carboxylic acids is 1. The fourth-order valence-corrected chi connectivity index (χ4v) is 2.13. The highest BCUT2D eigenvalue weighted by Crippen LogP contribution is 2.21. The quantitative estimate of drug-likeness (QED) is 0.903. The molecule has 2 rings (SSSR count). The Hall–Kier alpha value is -1.75. The summed E-state index contributed by atoms with van der Waals surface area (Å²) in [5.41, 5.74) is 2.62. The number of benzene rings is 1. The Morgan fingerprint density at radius 1 is 1.41 bits per heavy atom. The Balaban J connectivity index is 2.11. The van der Waals surface area contributed by atoms with Crippen LogP contribution in [-0.4, -0.2) is 16.1 Å². The molecule has 0 unspecified atom stereocenters. The molecule has 4 nitrogen and oxygen atoms in total. The molecule has 1 aromatic heterocycles. The molecule has 0 bridgehead atoms. The van der Waals surface area contributed by atoms with Crippen LogP contribution in [0.4, 0.5) is 5.13 Å². The largest absolute Gasteiger partial charge is 0.300 e. The number of nitrogens with one attached hydrogen (secondary N) is 1. The highest BCUT2D eigenvalue weighted by Gasteiger charge is 2.19.